The van der Waals surface area contributed by atoms with E-state index < -0.39 is 43.4 Å². The average molecular weight is 285 g/mol. The lowest BCUT2D eigenvalue weighted by molar-refractivity contribution is -0.175. The lowest BCUT2D eigenvalue weighted by Gasteiger charge is -2.21. The molecule has 0 saturated carbocycles. The van der Waals surface area contributed by atoms with Crippen LogP contribution in [0.5, 0.6) is 0 Å². The molecule has 1 aliphatic rings. The van der Waals surface area contributed by atoms with E-state index in [1.807, 2.05) is 0 Å². The van der Waals surface area contributed by atoms with Gasteiger partial charge in [-0.05, 0) is 0 Å². The summed E-state index contributed by atoms with van der Waals surface area (Å²) in [5.41, 5.74) is 0. The standard InChI is InChI=1S/C10H14F3NO5/c11-10(12,13)5-19-2-1-8(16)14-4-6(15)3-7(14)9(17)18/h6-7,15H,1-5H2,(H,17,18)/t6?,7-/m0/s1. The Balaban J connectivity index is 2.38. The molecule has 0 aromatic rings. The van der Waals surface area contributed by atoms with Gasteiger partial charge in [0.25, 0.3) is 0 Å². The van der Waals surface area contributed by atoms with E-state index in [1.54, 1.807) is 0 Å². The van der Waals surface area contributed by atoms with Crippen molar-refractivity contribution in [3.05, 3.63) is 0 Å². The van der Waals surface area contributed by atoms with Crippen LogP contribution < -0.4 is 0 Å². The number of β-amino-alcohol motifs (C(OH)–C–C–N with tert-alkyl or cyclic N) is 1. The Kier molecular flexibility index (Phi) is 5.12. The summed E-state index contributed by atoms with van der Waals surface area (Å²) in [4.78, 5) is 23.4. The Hall–Kier alpha value is -1.35. The second-order valence-electron chi connectivity index (χ2n) is 4.21. The van der Waals surface area contributed by atoms with Gasteiger partial charge in [0.05, 0.1) is 19.1 Å². The van der Waals surface area contributed by atoms with Gasteiger partial charge in [0.2, 0.25) is 5.91 Å². The Morgan fingerprint density at radius 1 is 1.37 bits per heavy atom. The first kappa shape index (κ1) is 15.7. The molecule has 1 fully saturated rings. The van der Waals surface area contributed by atoms with Crippen molar-refractivity contribution in [1.82, 2.24) is 4.90 Å². The largest absolute Gasteiger partial charge is 0.480 e. The van der Waals surface area contributed by atoms with Crippen molar-refractivity contribution in [1.29, 1.82) is 0 Å². The Morgan fingerprint density at radius 2 is 2.00 bits per heavy atom. The van der Waals surface area contributed by atoms with Gasteiger partial charge >= 0.3 is 12.1 Å². The Labute approximate surface area is 106 Å². The maximum Gasteiger partial charge on any atom is 0.411 e. The molecule has 1 heterocycles. The third kappa shape index (κ3) is 5.03. The number of hydrogen-bond acceptors (Lipinski definition) is 4. The topological polar surface area (TPSA) is 87.1 Å². The van der Waals surface area contributed by atoms with Crippen molar-refractivity contribution in [2.75, 3.05) is 19.8 Å². The molecule has 9 heteroatoms. The summed E-state index contributed by atoms with van der Waals surface area (Å²) in [5.74, 6) is -1.90. The first-order valence-corrected chi connectivity index (χ1v) is 5.55. The van der Waals surface area contributed by atoms with Crippen LogP contribution in [0.1, 0.15) is 12.8 Å². The van der Waals surface area contributed by atoms with Crippen molar-refractivity contribution in [2.45, 2.75) is 31.2 Å². The highest BCUT2D eigenvalue weighted by atomic mass is 19.4. The van der Waals surface area contributed by atoms with Crippen molar-refractivity contribution in [3.63, 3.8) is 0 Å². The number of carbonyl (C=O) groups is 2. The van der Waals surface area contributed by atoms with E-state index in [4.69, 9.17) is 5.11 Å². The minimum atomic E-state index is -4.46. The third-order valence-corrected chi connectivity index (χ3v) is 2.61. The van der Waals surface area contributed by atoms with E-state index in [0.29, 0.717) is 0 Å². The van der Waals surface area contributed by atoms with E-state index in [9.17, 15) is 27.9 Å². The number of aliphatic hydroxyl groups is 1. The van der Waals surface area contributed by atoms with Gasteiger partial charge in [0, 0.05) is 13.0 Å². The van der Waals surface area contributed by atoms with Gasteiger partial charge in [-0.3, -0.25) is 4.79 Å². The fourth-order valence-electron chi connectivity index (χ4n) is 1.81. The summed E-state index contributed by atoms with van der Waals surface area (Å²) in [5, 5.41) is 18.2. The minimum Gasteiger partial charge on any atom is -0.480 e. The van der Waals surface area contributed by atoms with Crippen LogP contribution in [0.3, 0.4) is 0 Å². The minimum absolute atomic E-state index is 0.0789. The number of aliphatic hydroxyl groups excluding tert-OH is 1. The highest BCUT2D eigenvalue weighted by molar-refractivity contribution is 5.84. The average Bonchev–Trinajstić information content (AvgIpc) is 2.65. The van der Waals surface area contributed by atoms with E-state index in [2.05, 4.69) is 4.74 Å². The number of hydrogen-bond donors (Lipinski definition) is 2. The summed E-state index contributed by atoms with van der Waals surface area (Å²) in [6.45, 7) is -2.03. The molecule has 2 N–H and O–H groups in total. The van der Waals surface area contributed by atoms with Gasteiger partial charge in [0.1, 0.15) is 12.6 Å². The fraction of sp³-hybridized carbons (Fsp3) is 0.800. The smallest absolute Gasteiger partial charge is 0.411 e. The van der Waals surface area contributed by atoms with Crippen LogP contribution in [-0.2, 0) is 14.3 Å². The molecule has 1 amide bonds. The molecular weight excluding hydrogens is 271 g/mol. The first-order valence-electron chi connectivity index (χ1n) is 5.55. The van der Waals surface area contributed by atoms with Crippen LogP contribution in [0.25, 0.3) is 0 Å². The lowest BCUT2D eigenvalue weighted by Crippen LogP contribution is -2.41. The summed E-state index contributed by atoms with van der Waals surface area (Å²) in [7, 11) is 0. The Morgan fingerprint density at radius 3 is 2.53 bits per heavy atom. The number of rotatable bonds is 5. The molecular formula is C10H14F3NO5. The van der Waals surface area contributed by atoms with Gasteiger partial charge in [-0.2, -0.15) is 13.2 Å². The second-order valence-corrected chi connectivity index (χ2v) is 4.21. The number of aliphatic carboxylic acids is 1. The molecule has 0 bridgehead atoms. The number of carbonyl (C=O) groups excluding carboxylic acids is 1. The van der Waals surface area contributed by atoms with Crippen LogP contribution in [0.15, 0.2) is 0 Å². The number of likely N-dealkylation sites (tertiary alicyclic amines) is 1. The third-order valence-electron chi connectivity index (χ3n) is 2.61. The van der Waals surface area contributed by atoms with Gasteiger partial charge in [-0.1, -0.05) is 0 Å². The fourth-order valence-corrected chi connectivity index (χ4v) is 1.81. The number of ether oxygens (including phenoxy) is 1. The zero-order chi connectivity index (χ0) is 14.6. The van der Waals surface area contributed by atoms with Crippen LogP contribution >= 0.6 is 0 Å². The zero-order valence-corrected chi connectivity index (χ0v) is 9.89. The second kappa shape index (κ2) is 6.20. The maximum atomic E-state index is 11.8. The maximum absolute atomic E-state index is 11.8. The number of amides is 1. The van der Waals surface area contributed by atoms with E-state index >= 15 is 0 Å². The monoisotopic (exact) mass is 285 g/mol. The molecule has 2 atom stereocenters. The predicted octanol–water partition coefficient (Wildman–Crippen LogP) is 0.00180. The number of carboxylic acids is 1. The SMILES string of the molecule is O=C(O)[C@@H]1CC(O)CN1C(=O)CCOCC(F)(F)F. The van der Waals surface area contributed by atoms with Gasteiger partial charge in [0.15, 0.2) is 0 Å². The molecule has 1 unspecified atom stereocenters. The molecule has 1 saturated heterocycles. The molecule has 6 nitrogen and oxygen atoms in total. The summed E-state index contributed by atoms with van der Waals surface area (Å²) < 4.78 is 39.6. The lowest BCUT2D eigenvalue weighted by atomic mass is 10.2. The molecule has 1 rings (SSSR count). The van der Waals surface area contributed by atoms with E-state index in [-0.39, 0.29) is 19.4 Å². The highest BCUT2D eigenvalue weighted by Crippen LogP contribution is 2.19. The molecule has 1 aliphatic heterocycles. The summed E-state index contributed by atoms with van der Waals surface area (Å²) in [6, 6.07) is -1.13. The summed E-state index contributed by atoms with van der Waals surface area (Å²) >= 11 is 0. The van der Waals surface area contributed by atoms with Crippen molar-refractivity contribution in [3.8, 4) is 0 Å². The zero-order valence-electron chi connectivity index (χ0n) is 9.89. The molecule has 0 aromatic carbocycles. The molecule has 0 spiro atoms. The number of nitrogens with zero attached hydrogens (tertiary/aromatic N) is 1. The summed E-state index contributed by atoms with van der Waals surface area (Å²) in [6.07, 6.45) is -5.82. The van der Waals surface area contributed by atoms with Crippen LogP contribution in [0, 0.1) is 0 Å². The number of carboxylic acid groups (broad SMARTS) is 1. The van der Waals surface area contributed by atoms with Crippen molar-refractivity contribution >= 4 is 11.9 Å². The van der Waals surface area contributed by atoms with E-state index in [1.165, 1.54) is 0 Å². The first-order chi connectivity index (χ1) is 8.70. The quantitative estimate of drug-likeness (QED) is 0.694. The predicted molar refractivity (Wildman–Crippen MR) is 55.3 cm³/mol. The van der Waals surface area contributed by atoms with Crippen LogP contribution in [0.4, 0.5) is 13.2 Å². The number of halogens is 3. The Bertz CT molecular complexity index is 347. The van der Waals surface area contributed by atoms with Gasteiger partial charge in [-0.15, -0.1) is 0 Å². The van der Waals surface area contributed by atoms with Crippen LogP contribution in [0.2, 0.25) is 0 Å². The van der Waals surface area contributed by atoms with E-state index in [0.717, 1.165) is 4.90 Å². The molecule has 0 aromatic heterocycles. The van der Waals surface area contributed by atoms with Crippen molar-refractivity contribution in [2.24, 2.45) is 0 Å². The van der Waals surface area contributed by atoms with Crippen LogP contribution in [-0.4, -0.2) is 65.1 Å². The van der Waals surface area contributed by atoms with Gasteiger partial charge < -0.3 is 19.8 Å². The molecule has 0 radical (unpaired) electrons. The van der Waals surface area contributed by atoms with Gasteiger partial charge in [-0.25, -0.2) is 4.79 Å². The normalized spacial score (nSPS) is 23.7. The molecule has 19 heavy (non-hydrogen) atoms. The number of alkyl halides is 3. The molecule has 110 valence electrons. The van der Waals surface area contributed by atoms with Crippen molar-refractivity contribution < 1.29 is 37.7 Å². The highest BCUT2D eigenvalue weighted by Gasteiger charge is 2.38. The molecule has 0 aliphatic carbocycles.